The summed E-state index contributed by atoms with van der Waals surface area (Å²) in [7, 11) is 0. The van der Waals surface area contributed by atoms with E-state index in [2.05, 4.69) is 60.1 Å². The zero-order chi connectivity index (χ0) is 21.6. The van der Waals surface area contributed by atoms with Crippen LogP contribution in [0.15, 0.2) is 73.3 Å². The summed E-state index contributed by atoms with van der Waals surface area (Å²) < 4.78 is 6.16. The first-order chi connectivity index (χ1) is 15.8. The van der Waals surface area contributed by atoms with Crippen molar-refractivity contribution in [3.05, 3.63) is 78.9 Å². The number of H-pyrrole nitrogens is 1. The van der Waals surface area contributed by atoms with Crippen LogP contribution in [0.3, 0.4) is 0 Å². The van der Waals surface area contributed by atoms with Gasteiger partial charge in [-0.3, -0.25) is 0 Å². The number of anilines is 1. The summed E-state index contributed by atoms with van der Waals surface area (Å²) in [6.07, 6.45) is 4.33. The highest BCUT2D eigenvalue weighted by Gasteiger charge is 2.26. The molecule has 164 valence electrons. The summed E-state index contributed by atoms with van der Waals surface area (Å²) in [6.45, 7) is 5.45. The van der Waals surface area contributed by atoms with E-state index in [1.54, 1.807) is 12.7 Å². The molecule has 1 saturated heterocycles. The van der Waals surface area contributed by atoms with Crippen molar-refractivity contribution in [3.63, 3.8) is 0 Å². The highest BCUT2D eigenvalue weighted by atomic mass is 16.5. The lowest BCUT2D eigenvalue weighted by atomic mass is 10.1. The molecule has 0 radical (unpaired) electrons. The number of hydrogen-bond acceptors (Lipinski definition) is 6. The number of benzene rings is 2. The molecule has 2 aromatic carbocycles. The van der Waals surface area contributed by atoms with Crippen LogP contribution in [0.2, 0.25) is 0 Å². The molecule has 32 heavy (non-hydrogen) atoms. The number of fused-ring (bicyclic) bond motifs is 1. The van der Waals surface area contributed by atoms with Crippen LogP contribution in [0.25, 0.3) is 11.2 Å². The highest BCUT2D eigenvalue weighted by molar-refractivity contribution is 5.82. The third-order valence-electron chi connectivity index (χ3n) is 5.97. The Morgan fingerprint density at radius 2 is 1.72 bits per heavy atom. The molecular formula is C25H28N6O. The largest absolute Gasteiger partial charge is 0.493 e. The Morgan fingerprint density at radius 1 is 0.906 bits per heavy atom. The molecule has 0 saturated carbocycles. The molecule has 1 N–H and O–H groups in total. The summed E-state index contributed by atoms with van der Waals surface area (Å²) in [5.41, 5.74) is 2.98. The standard InChI is InChI=1S/C25H28N6O/c1-3-7-20(8-4-1)11-12-30-13-14-31(25-23-24(27-18-26-23)28-19-29-25)16-21(15-30)17-32-22-9-5-2-6-10-22/h1-10,18-19,21H,11-17H2,(H,26,27,28,29). The van der Waals surface area contributed by atoms with Crippen molar-refractivity contribution in [2.24, 2.45) is 5.92 Å². The van der Waals surface area contributed by atoms with E-state index in [1.807, 2.05) is 30.3 Å². The third kappa shape index (κ3) is 4.89. The molecular weight excluding hydrogens is 400 g/mol. The average molecular weight is 429 g/mol. The first-order valence-corrected chi connectivity index (χ1v) is 11.2. The Hall–Kier alpha value is -3.45. The maximum atomic E-state index is 6.16. The van der Waals surface area contributed by atoms with Crippen LogP contribution in [0.1, 0.15) is 5.56 Å². The summed E-state index contributed by atoms with van der Waals surface area (Å²) in [6, 6.07) is 20.8. The number of nitrogens with one attached hydrogen (secondary N) is 1. The molecule has 1 fully saturated rings. The molecule has 1 aliphatic rings. The maximum Gasteiger partial charge on any atom is 0.182 e. The van der Waals surface area contributed by atoms with E-state index in [0.29, 0.717) is 18.2 Å². The van der Waals surface area contributed by atoms with Crippen molar-refractivity contribution >= 4 is 17.0 Å². The minimum Gasteiger partial charge on any atom is -0.493 e. The van der Waals surface area contributed by atoms with Gasteiger partial charge in [0.2, 0.25) is 0 Å². The van der Waals surface area contributed by atoms with Gasteiger partial charge in [-0.15, -0.1) is 0 Å². The fraction of sp³-hybridized carbons (Fsp3) is 0.320. The molecule has 0 spiro atoms. The number of aromatic amines is 1. The van der Waals surface area contributed by atoms with Gasteiger partial charge in [-0.2, -0.15) is 0 Å². The third-order valence-corrected chi connectivity index (χ3v) is 5.97. The van der Waals surface area contributed by atoms with E-state index < -0.39 is 0 Å². The molecule has 7 nitrogen and oxygen atoms in total. The van der Waals surface area contributed by atoms with Gasteiger partial charge in [0, 0.05) is 38.6 Å². The lowest BCUT2D eigenvalue weighted by Gasteiger charge is -2.25. The van der Waals surface area contributed by atoms with Crippen LogP contribution in [0.4, 0.5) is 5.82 Å². The van der Waals surface area contributed by atoms with Crippen molar-refractivity contribution in [3.8, 4) is 5.75 Å². The number of imidazole rings is 1. The summed E-state index contributed by atoms with van der Waals surface area (Å²) in [4.78, 5) is 21.3. The van der Waals surface area contributed by atoms with Gasteiger partial charge in [0.1, 0.15) is 17.6 Å². The molecule has 1 unspecified atom stereocenters. The van der Waals surface area contributed by atoms with Crippen LogP contribution in [-0.4, -0.2) is 64.2 Å². The number of ether oxygens (including phenoxy) is 1. The second kappa shape index (κ2) is 9.78. The number of para-hydroxylation sites is 1. The number of aromatic nitrogens is 4. The van der Waals surface area contributed by atoms with E-state index in [9.17, 15) is 0 Å². The molecule has 1 aliphatic heterocycles. The molecule has 0 bridgehead atoms. The van der Waals surface area contributed by atoms with Gasteiger partial charge in [0.15, 0.2) is 11.5 Å². The van der Waals surface area contributed by atoms with Crippen molar-refractivity contribution in [1.82, 2.24) is 24.8 Å². The predicted molar refractivity (Wildman–Crippen MR) is 126 cm³/mol. The van der Waals surface area contributed by atoms with Crippen LogP contribution >= 0.6 is 0 Å². The number of hydrogen-bond donors (Lipinski definition) is 1. The van der Waals surface area contributed by atoms with Gasteiger partial charge in [-0.05, 0) is 24.1 Å². The van der Waals surface area contributed by atoms with E-state index >= 15 is 0 Å². The Morgan fingerprint density at radius 3 is 2.56 bits per heavy atom. The molecule has 5 rings (SSSR count). The Labute approximate surface area is 188 Å². The molecule has 4 aromatic rings. The zero-order valence-corrected chi connectivity index (χ0v) is 18.1. The normalized spacial score (nSPS) is 17.4. The zero-order valence-electron chi connectivity index (χ0n) is 18.1. The van der Waals surface area contributed by atoms with Gasteiger partial charge in [-0.1, -0.05) is 48.5 Å². The van der Waals surface area contributed by atoms with E-state index in [-0.39, 0.29) is 0 Å². The maximum absolute atomic E-state index is 6.16. The first kappa shape index (κ1) is 20.5. The van der Waals surface area contributed by atoms with E-state index in [0.717, 1.165) is 56.2 Å². The molecule has 7 heteroatoms. The number of nitrogens with zero attached hydrogens (tertiary/aromatic N) is 5. The van der Waals surface area contributed by atoms with Gasteiger partial charge in [-0.25, -0.2) is 15.0 Å². The minimum atomic E-state index is 0.349. The SMILES string of the molecule is c1ccc(CCN2CCN(c3ncnc4nc[nH]c34)CC(COc3ccccc3)C2)cc1. The molecule has 0 amide bonds. The highest BCUT2D eigenvalue weighted by Crippen LogP contribution is 2.23. The summed E-state index contributed by atoms with van der Waals surface area (Å²) >= 11 is 0. The lowest BCUT2D eigenvalue weighted by Crippen LogP contribution is -2.34. The Kier molecular flexibility index (Phi) is 6.25. The molecule has 2 aromatic heterocycles. The summed E-state index contributed by atoms with van der Waals surface area (Å²) in [5.74, 6) is 2.18. The summed E-state index contributed by atoms with van der Waals surface area (Å²) in [5, 5.41) is 0. The molecule has 0 aliphatic carbocycles. The first-order valence-electron chi connectivity index (χ1n) is 11.2. The lowest BCUT2D eigenvalue weighted by molar-refractivity contribution is 0.196. The fourth-order valence-electron chi connectivity index (χ4n) is 4.33. The Balaban J connectivity index is 1.32. The van der Waals surface area contributed by atoms with Crippen LogP contribution < -0.4 is 9.64 Å². The monoisotopic (exact) mass is 428 g/mol. The predicted octanol–water partition coefficient (Wildman–Crippen LogP) is 3.41. The molecule has 3 heterocycles. The Bertz CT molecular complexity index is 1120. The topological polar surface area (TPSA) is 70.2 Å². The second-order valence-corrected chi connectivity index (χ2v) is 8.27. The van der Waals surface area contributed by atoms with Gasteiger partial charge in [0.25, 0.3) is 0 Å². The minimum absolute atomic E-state index is 0.349. The van der Waals surface area contributed by atoms with Gasteiger partial charge >= 0.3 is 0 Å². The van der Waals surface area contributed by atoms with E-state index in [4.69, 9.17) is 4.74 Å². The fourth-order valence-corrected chi connectivity index (χ4v) is 4.33. The molecule has 1 atom stereocenters. The smallest absolute Gasteiger partial charge is 0.182 e. The average Bonchev–Trinajstić information content (AvgIpc) is 3.24. The van der Waals surface area contributed by atoms with Gasteiger partial charge in [0.05, 0.1) is 12.9 Å². The van der Waals surface area contributed by atoms with Crippen LogP contribution in [0.5, 0.6) is 5.75 Å². The van der Waals surface area contributed by atoms with Crippen molar-refractivity contribution in [2.75, 3.05) is 44.2 Å². The van der Waals surface area contributed by atoms with Crippen molar-refractivity contribution in [1.29, 1.82) is 0 Å². The van der Waals surface area contributed by atoms with Gasteiger partial charge < -0.3 is 19.5 Å². The van der Waals surface area contributed by atoms with Crippen LogP contribution in [-0.2, 0) is 6.42 Å². The van der Waals surface area contributed by atoms with Crippen molar-refractivity contribution < 1.29 is 4.74 Å². The van der Waals surface area contributed by atoms with E-state index in [1.165, 1.54) is 5.56 Å². The quantitative estimate of drug-likeness (QED) is 0.486. The van der Waals surface area contributed by atoms with Crippen molar-refractivity contribution in [2.45, 2.75) is 6.42 Å². The second-order valence-electron chi connectivity index (χ2n) is 8.27. The van der Waals surface area contributed by atoms with Crippen LogP contribution in [0, 0.1) is 5.92 Å². The number of rotatable bonds is 7.